The van der Waals surface area contributed by atoms with E-state index in [9.17, 15) is 4.79 Å². The van der Waals surface area contributed by atoms with Crippen LogP contribution in [0.1, 0.15) is 24.0 Å². The molecule has 1 saturated carbocycles. The van der Waals surface area contributed by atoms with Crippen LogP contribution in [-0.4, -0.2) is 20.4 Å². The van der Waals surface area contributed by atoms with Crippen molar-refractivity contribution in [3.63, 3.8) is 0 Å². The number of aromatic nitrogens is 3. The van der Waals surface area contributed by atoms with E-state index in [2.05, 4.69) is 31.2 Å². The summed E-state index contributed by atoms with van der Waals surface area (Å²) in [4.78, 5) is 21.8. The molecule has 0 radical (unpaired) electrons. The Hall–Kier alpha value is -2.99. The molecule has 0 unspecified atom stereocenters. The molecule has 0 spiro atoms. The fourth-order valence-electron chi connectivity index (χ4n) is 3.70. The van der Waals surface area contributed by atoms with Gasteiger partial charge in [-0.25, -0.2) is 9.97 Å². The van der Waals surface area contributed by atoms with Gasteiger partial charge in [0.1, 0.15) is 12.1 Å². The van der Waals surface area contributed by atoms with Gasteiger partial charge in [0.2, 0.25) is 5.91 Å². The predicted molar refractivity (Wildman–Crippen MR) is 116 cm³/mol. The van der Waals surface area contributed by atoms with E-state index in [1.165, 1.54) is 0 Å². The zero-order valence-electron chi connectivity index (χ0n) is 15.7. The average Bonchev–Trinajstić information content (AvgIpc) is 3.46. The van der Waals surface area contributed by atoms with E-state index in [0.717, 1.165) is 45.3 Å². The zero-order valence-corrected chi connectivity index (χ0v) is 17.3. The van der Waals surface area contributed by atoms with Crippen molar-refractivity contribution in [1.29, 1.82) is 0 Å². The van der Waals surface area contributed by atoms with Crippen LogP contribution in [0, 0.1) is 0 Å². The van der Waals surface area contributed by atoms with Gasteiger partial charge in [0.25, 0.3) is 0 Å². The second-order valence-electron chi connectivity index (χ2n) is 7.40. The van der Waals surface area contributed by atoms with Crippen LogP contribution in [0.3, 0.4) is 0 Å². The van der Waals surface area contributed by atoms with Crippen LogP contribution < -0.4 is 5.32 Å². The number of carbonyl (C=O) groups excluding carboxylic acids is 1. The second-order valence-corrected chi connectivity index (χ2v) is 8.32. The van der Waals surface area contributed by atoms with Gasteiger partial charge in [-0.2, -0.15) is 0 Å². The summed E-state index contributed by atoms with van der Waals surface area (Å²) in [5.74, 6) is 0.895. The maximum absolute atomic E-state index is 12.8. The van der Waals surface area contributed by atoms with Gasteiger partial charge in [-0.15, -0.1) is 0 Å². The highest BCUT2D eigenvalue weighted by Crippen LogP contribution is 2.48. The highest BCUT2D eigenvalue weighted by atomic mass is 79.9. The number of nitrogens with one attached hydrogen (secondary N) is 1. The van der Waals surface area contributed by atoms with Gasteiger partial charge in [0, 0.05) is 17.2 Å². The Morgan fingerprint density at radius 3 is 2.55 bits per heavy atom. The number of nitrogens with zero attached hydrogens (tertiary/aromatic N) is 3. The molecule has 0 saturated heterocycles. The van der Waals surface area contributed by atoms with Crippen LogP contribution in [0.5, 0.6) is 0 Å². The van der Waals surface area contributed by atoms with Gasteiger partial charge in [-0.3, -0.25) is 9.36 Å². The van der Waals surface area contributed by atoms with Crippen molar-refractivity contribution in [2.24, 2.45) is 0 Å². The molecule has 1 fully saturated rings. The largest absolute Gasteiger partial charge is 0.351 e. The molecule has 0 atom stereocenters. The first-order valence-corrected chi connectivity index (χ1v) is 10.4. The third-order valence-electron chi connectivity index (χ3n) is 5.54. The Labute approximate surface area is 176 Å². The van der Waals surface area contributed by atoms with Gasteiger partial charge in [-0.1, -0.05) is 46.3 Å². The molecule has 5 nitrogen and oxygen atoms in total. The van der Waals surface area contributed by atoms with Crippen LogP contribution in [0.25, 0.3) is 16.9 Å². The van der Waals surface area contributed by atoms with E-state index in [-0.39, 0.29) is 11.3 Å². The van der Waals surface area contributed by atoms with Crippen LogP contribution >= 0.6 is 15.9 Å². The number of para-hydroxylation sites is 2. The minimum absolute atomic E-state index is 0.0875. The van der Waals surface area contributed by atoms with Crippen LogP contribution in [0.2, 0.25) is 0 Å². The first kappa shape index (κ1) is 18.1. The minimum Gasteiger partial charge on any atom is -0.351 e. The van der Waals surface area contributed by atoms with E-state index in [4.69, 9.17) is 0 Å². The molecule has 5 rings (SSSR count). The number of hydrogen-bond acceptors (Lipinski definition) is 3. The summed E-state index contributed by atoms with van der Waals surface area (Å²) < 4.78 is 2.99. The highest BCUT2D eigenvalue weighted by molar-refractivity contribution is 9.10. The number of carbonyl (C=O) groups is 1. The van der Waals surface area contributed by atoms with Gasteiger partial charge >= 0.3 is 0 Å². The zero-order chi connectivity index (χ0) is 19.8. The summed E-state index contributed by atoms with van der Waals surface area (Å²) in [6.45, 7) is 0.467. The predicted octanol–water partition coefficient (Wildman–Crippen LogP) is 4.53. The first-order chi connectivity index (χ1) is 14.2. The molecule has 1 aliphatic rings. The summed E-state index contributed by atoms with van der Waals surface area (Å²) in [5, 5.41) is 3.09. The van der Waals surface area contributed by atoms with E-state index < -0.39 is 0 Å². The minimum atomic E-state index is -0.371. The van der Waals surface area contributed by atoms with Crippen molar-refractivity contribution in [2.45, 2.75) is 24.8 Å². The number of amides is 1. The number of hydrogen-bond donors (Lipinski definition) is 1. The van der Waals surface area contributed by atoms with Crippen molar-refractivity contribution in [3.8, 4) is 5.82 Å². The van der Waals surface area contributed by atoms with Crippen molar-refractivity contribution < 1.29 is 4.79 Å². The molecule has 0 aliphatic heterocycles. The standard InChI is InChI=1S/C23H19BrN4O/c24-18-8-6-17(7-9-18)23(11-12-23)22(29)26-14-16-5-10-21(25-13-16)28-15-27-19-3-1-2-4-20(19)28/h1-10,13,15H,11-12,14H2,(H,26,29). The number of halogens is 1. The summed E-state index contributed by atoms with van der Waals surface area (Å²) in [6.07, 6.45) is 5.38. The molecular formula is C23H19BrN4O. The fourth-order valence-corrected chi connectivity index (χ4v) is 3.96. The lowest BCUT2D eigenvalue weighted by molar-refractivity contribution is -0.123. The van der Waals surface area contributed by atoms with Gasteiger partial charge < -0.3 is 5.32 Å². The Bertz CT molecular complexity index is 1180. The molecule has 2 aromatic heterocycles. The lowest BCUT2D eigenvalue weighted by Gasteiger charge is -2.16. The first-order valence-electron chi connectivity index (χ1n) is 9.57. The van der Waals surface area contributed by atoms with Gasteiger partial charge in [0.05, 0.1) is 16.4 Å². The third kappa shape index (κ3) is 3.34. The van der Waals surface area contributed by atoms with Crippen molar-refractivity contribution >= 4 is 32.9 Å². The van der Waals surface area contributed by atoms with Gasteiger partial charge in [0.15, 0.2) is 0 Å². The topological polar surface area (TPSA) is 59.8 Å². The van der Waals surface area contributed by atoms with E-state index >= 15 is 0 Å². The van der Waals surface area contributed by atoms with Crippen molar-refractivity contribution in [1.82, 2.24) is 19.9 Å². The normalized spacial score (nSPS) is 14.7. The molecule has 29 heavy (non-hydrogen) atoms. The maximum Gasteiger partial charge on any atom is 0.230 e. The SMILES string of the molecule is O=C(NCc1ccc(-n2cnc3ccccc32)nc1)C1(c2ccc(Br)cc2)CC1. The molecule has 2 heterocycles. The number of benzene rings is 2. The summed E-state index contributed by atoms with van der Waals surface area (Å²) >= 11 is 3.45. The molecule has 4 aromatic rings. The Morgan fingerprint density at radius 1 is 1.03 bits per heavy atom. The Balaban J connectivity index is 1.28. The molecule has 1 N–H and O–H groups in total. The molecule has 2 aromatic carbocycles. The summed E-state index contributed by atoms with van der Waals surface area (Å²) in [7, 11) is 0. The summed E-state index contributed by atoms with van der Waals surface area (Å²) in [5.41, 5.74) is 3.64. The summed E-state index contributed by atoms with van der Waals surface area (Å²) in [6, 6.07) is 20.0. The smallest absolute Gasteiger partial charge is 0.230 e. The van der Waals surface area contributed by atoms with Gasteiger partial charge in [-0.05, 0) is 54.3 Å². The number of rotatable bonds is 5. The Kier molecular flexibility index (Phi) is 4.43. The van der Waals surface area contributed by atoms with Crippen molar-refractivity contribution in [2.75, 3.05) is 0 Å². The third-order valence-corrected chi connectivity index (χ3v) is 6.07. The molecule has 0 bridgehead atoms. The Morgan fingerprint density at radius 2 is 1.83 bits per heavy atom. The van der Waals surface area contributed by atoms with E-state index in [1.807, 2.05) is 71.4 Å². The number of imidazole rings is 1. The van der Waals surface area contributed by atoms with Crippen LogP contribution in [-0.2, 0) is 16.8 Å². The second kappa shape index (κ2) is 7.12. The van der Waals surface area contributed by atoms with E-state index in [1.54, 1.807) is 6.33 Å². The quantitative estimate of drug-likeness (QED) is 0.489. The van der Waals surface area contributed by atoms with E-state index in [0.29, 0.717) is 6.54 Å². The monoisotopic (exact) mass is 446 g/mol. The maximum atomic E-state index is 12.8. The van der Waals surface area contributed by atoms with Crippen molar-refractivity contribution in [3.05, 3.63) is 88.8 Å². The molecular weight excluding hydrogens is 428 g/mol. The lowest BCUT2D eigenvalue weighted by atomic mass is 9.95. The number of pyridine rings is 1. The lowest BCUT2D eigenvalue weighted by Crippen LogP contribution is -2.34. The molecule has 6 heteroatoms. The molecule has 1 amide bonds. The molecule has 1 aliphatic carbocycles. The fraction of sp³-hybridized carbons (Fsp3) is 0.174. The average molecular weight is 447 g/mol. The highest BCUT2D eigenvalue weighted by Gasteiger charge is 2.51. The van der Waals surface area contributed by atoms with Crippen LogP contribution in [0.15, 0.2) is 77.7 Å². The van der Waals surface area contributed by atoms with Crippen LogP contribution in [0.4, 0.5) is 0 Å². The molecule has 144 valence electrons. The number of fused-ring (bicyclic) bond motifs is 1.